The van der Waals surface area contributed by atoms with Gasteiger partial charge in [0.25, 0.3) is 5.92 Å². The van der Waals surface area contributed by atoms with Crippen molar-refractivity contribution in [1.82, 2.24) is 20.2 Å². The molecule has 2 N–H and O–H groups in total. The molecule has 6 rings (SSSR count). The van der Waals surface area contributed by atoms with Crippen molar-refractivity contribution in [1.29, 1.82) is 0 Å². The predicted molar refractivity (Wildman–Crippen MR) is 111 cm³/mol. The van der Waals surface area contributed by atoms with Crippen LogP contribution >= 0.6 is 0 Å². The highest BCUT2D eigenvalue weighted by molar-refractivity contribution is 5.73. The normalized spacial score (nSPS) is 24.5. The minimum absolute atomic E-state index is 0.112. The Morgan fingerprint density at radius 1 is 1.05 bits per heavy atom. The van der Waals surface area contributed by atoms with E-state index in [1.165, 1.54) is 12.1 Å². The summed E-state index contributed by atoms with van der Waals surface area (Å²) in [6.45, 7) is -0.909. The second-order valence-electron chi connectivity index (χ2n) is 9.61. The molecule has 3 aliphatic rings. The SMILES string of the molecule is O=C(O)C(F)(F)Oc1ccc(C23CC(C(F)(F)[C@](O)(Cn4cnnn4)c4ccc(F)cc4F)(C2)C3)cc1. The van der Waals surface area contributed by atoms with Gasteiger partial charge in [-0.3, -0.25) is 0 Å². The van der Waals surface area contributed by atoms with Crippen LogP contribution in [0.4, 0.5) is 26.3 Å². The van der Waals surface area contributed by atoms with Gasteiger partial charge in [0.05, 0.1) is 6.54 Å². The third kappa shape index (κ3) is 3.64. The Hall–Kier alpha value is -3.68. The lowest BCUT2D eigenvalue weighted by molar-refractivity contribution is -0.347. The van der Waals surface area contributed by atoms with E-state index in [1.54, 1.807) is 0 Å². The van der Waals surface area contributed by atoms with Crippen LogP contribution in [-0.2, 0) is 22.4 Å². The molecule has 8 nitrogen and oxygen atoms in total. The van der Waals surface area contributed by atoms with Crippen molar-refractivity contribution in [3.63, 3.8) is 0 Å². The number of benzene rings is 2. The lowest BCUT2D eigenvalue weighted by atomic mass is 9.30. The molecule has 0 amide bonds. The van der Waals surface area contributed by atoms with E-state index in [9.17, 15) is 27.5 Å². The summed E-state index contributed by atoms with van der Waals surface area (Å²) >= 11 is 0. The van der Waals surface area contributed by atoms with Gasteiger partial charge in [-0.2, -0.15) is 8.78 Å². The van der Waals surface area contributed by atoms with Crippen molar-refractivity contribution >= 4 is 5.97 Å². The highest BCUT2D eigenvalue weighted by Crippen LogP contribution is 2.80. The quantitative estimate of drug-likeness (QED) is 0.408. The molecule has 1 heterocycles. The molecule has 37 heavy (non-hydrogen) atoms. The van der Waals surface area contributed by atoms with E-state index < -0.39 is 63.9 Å². The van der Waals surface area contributed by atoms with Crippen LogP contribution in [0.3, 0.4) is 0 Å². The fraction of sp³-hybridized carbons (Fsp3) is 0.391. The van der Waals surface area contributed by atoms with Gasteiger partial charge < -0.3 is 14.9 Å². The summed E-state index contributed by atoms with van der Waals surface area (Å²) in [4.78, 5) is 10.5. The number of hydrogen-bond acceptors (Lipinski definition) is 6. The molecule has 3 fully saturated rings. The first kappa shape index (κ1) is 25.0. The maximum Gasteiger partial charge on any atom is 0.501 e. The number of nitrogens with zero attached hydrogens (tertiary/aromatic N) is 4. The zero-order valence-corrected chi connectivity index (χ0v) is 18.7. The number of alkyl halides is 4. The van der Waals surface area contributed by atoms with Crippen molar-refractivity contribution in [2.24, 2.45) is 5.41 Å². The molecule has 2 bridgehead atoms. The van der Waals surface area contributed by atoms with Crippen molar-refractivity contribution in [3.8, 4) is 5.75 Å². The Bertz CT molecular complexity index is 1330. The predicted octanol–water partition coefficient (Wildman–Crippen LogP) is 3.65. The Labute approximate surface area is 204 Å². The van der Waals surface area contributed by atoms with Gasteiger partial charge in [-0.1, -0.05) is 12.1 Å². The number of aromatic nitrogens is 4. The maximum atomic E-state index is 16.2. The van der Waals surface area contributed by atoms with Crippen LogP contribution in [0.5, 0.6) is 5.75 Å². The monoisotopic (exact) mass is 528 g/mol. The smallest absolute Gasteiger partial charge is 0.474 e. The molecule has 0 radical (unpaired) electrons. The number of hydrogen-bond donors (Lipinski definition) is 2. The standard InChI is InChI=1S/C23H18F6N4O4/c24-14-3-6-16(17(25)7-14)21(36,11-33-12-30-31-32-33)23(28,29)20-8-19(9-20,10-20)13-1-4-15(5-2-13)37-22(26,27)18(34)35/h1-7,12,36H,8-11H2,(H,34,35)/t19?,20?,21-/m0/s1. The molecule has 196 valence electrons. The lowest BCUT2D eigenvalue weighted by Gasteiger charge is -2.74. The summed E-state index contributed by atoms with van der Waals surface area (Å²) < 4.78 is 92.0. The number of rotatable bonds is 9. The fourth-order valence-electron chi connectivity index (χ4n) is 5.60. The molecule has 1 aromatic heterocycles. The van der Waals surface area contributed by atoms with E-state index in [-0.39, 0.29) is 19.3 Å². The molecule has 0 unspecified atom stereocenters. The average Bonchev–Trinajstić information content (AvgIpc) is 3.25. The highest BCUT2D eigenvalue weighted by atomic mass is 19.3. The maximum absolute atomic E-state index is 16.2. The second-order valence-corrected chi connectivity index (χ2v) is 9.61. The Kier molecular flexibility index (Phi) is 5.34. The Morgan fingerprint density at radius 2 is 1.70 bits per heavy atom. The van der Waals surface area contributed by atoms with Crippen molar-refractivity contribution < 1.29 is 46.1 Å². The van der Waals surface area contributed by atoms with E-state index in [0.717, 1.165) is 35.3 Å². The van der Waals surface area contributed by atoms with Gasteiger partial charge in [0.1, 0.15) is 23.7 Å². The van der Waals surface area contributed by atoms with Gasteiger partial charge >= 0.3 is 12.1 Å². The number of aliphatic carboxylic acids is 1. The van der Waals surface area contributed by atoms with E-state index in [2.05, 4.69) is 20.3 Å². The second kappa shape index (κ2) is 7.91. The lowest BCUT2D eigenvalue weighted by Crippen LogP contribution is -2.76. The zero-order valence-electron chi connectivity index (χ0n) is 18.7. The van der Waals surface area contributed by atoms with Gasteiger partial charge in [0.2, 0.25) is 0 Å². The first-order chi connectivity index (χ1) is 17.2. The summed E-state index contributed by atoms with van der Waals surface area (Å²) in [7, 11) is 0. The van der Waals surface area contributed by atoms with E-state index >= 15 is 8.78 Å². The van der Waals surface area contributed by atoms with Gasteiger partial charge in [0.15, 0.2) is 5.60 Å². The molecule has 3 aliphatic carbocycles. The molecule has 3 saturated carbocycles. The van der Waals surface area contributed by atoms with Crippen LogP contribution in [0, 0.1) is 17.0 Å². The largest absolute Gasteiger partial charge is 0.501 e. The van der Waals surface area contributed by atoms with E-state index in [4.69, 9.17) is 5.11 Å². The number of aliphatic hydroxyl groups is 1. The van der Waals surface area contributed by atoms with E-state index in [1.807, 2.05) is 0 Å². The number of ether oxygens (including phenoxy) is 1. The van der Waals surface area contributed by atoms with Gasteiger partial charge in [-0.05, 0) is 64.9 Å². The van der Waals surface area contributed by atoms with Gasteiger partial charge in [-0.15, -0.1) is 5.10 Å². The van der Waals surface area contributed by atoms with Crippen LogP contribution in [-0.4, -0.2) is 48.4 Å². The summed E-state index contributed by atoms with van der Waals surface area (Å²) in [6, 6.07) is 6.90. The van der Waals surface area contributed by atoms with Crippen molar-refractivity contribution in [2.75, 3.05) is 0 Å². The van der Waals surface area contributed by atoms with Crippen molar-refractivity contribution in [3.05, 3.63) is 71.6 Å². The van der Waals surface area contributed by atoms with Crippen LogP contribution in [0.15, 0.2) is 48.8 Å². The first-order valence-corrected chi connectivity index (χ1v) is 10.9. The summed E-state index contributed by atoms with van der Waals surface area (Å²) in [6.07, 6.45) is -3.80. The van der Waals surface area contributed by atoms with E-state index in [0.29, 0.717) is 11.6 Å². The minimum atomic E-state index is -4.44. The summed E-state index contributed by atoms with van der Waals surface area (Å²) in [5.74, 6) is -9.17. The number of carboxylic acids is 1. The van der Waals surface area contributed by atoms with Gasteiger partial charge in [0, 0.05) is 17.0 Å². The molecule has 14 heteroatoms. The van der Waals surface area contributed by atoms with Crippen LogP contribution < -0.4 is 4.74 Å². The van der Waals surface area contributed by atoms with Gasteiger partial charge in [-0.25, -0.2) is 27.0 Å². The third-order valence-electron chi connectivity index (χ3n) is 7.34. The summed E-state index contributed by atoms with van der Waals surface area (Å²) in [5.41, 5.74) is -5.88. The Balaban J connectivity index is 1.40. The number of halogens is 6. The molecule has 0 aliphatic heterocycles. The van der Waals surface area contributed by atoms with Crippen LogP contribution in [0.1, 0.15) is 30.4 Å². The minimum Gasteiger partial charge on any atom is -0.474 e. The molecule has 0 saturated heterocycles. The molecule has 2 aromatic carbocycles. The molecular weight excluding hydrogens is 510 g/mol. The average molecular weight is 528 g/mol. The summed E-state index contributed by atoms with van der Waals surface area (Å²) in [5, 5.41) is 30.0. The third-order valence-corrected chi connectivity index (χ3v) is 7.34. The molecule has 0 spiro atoms. The number of carbonyl (C=O) groups is 1. The number of tetrazole rings is 1. The van der Waals surface area contributed by atoms with Crippen molar-refractivity contribution in [2.45, 2.75) is 48.9 Å². The van der Waals surface area contributed by atoms with Crippen LogP contribution in [0.25, 0.3) is 0 Å². The Morgan fingerprint density at radius 3 is 2.24 bits per heavy atom. The first-order valence-electron chi connectivity index (χ1n) is 10.9. The zero-order chi connectivity index (χ0) is 26.9. The highest BCUT2D eigenvalue weighted by Gasteiger charge is 2.82. The molecule has 3 aromatic rings. The molecule has 1 atom stereocenters. The topological polar surface area (TPSA) is 110 Å². The number of carboxylic acid groups (broad SMARTS) is 1. The molecular formula is C23H18F6N4O4. The van der Waals surface area contributed by atoms with Crippen LogP contribution in [0.2, 0.25) is 0 Å². The fourth-order valence-corrected chi connectivity index (χ4v) is 5.60.